The van der Waals surface area contributed by atoms with E-state index < -0.39 is 12.3 Å². The summed E-state index contributed by atoms with van der Waals surface area (Å²) in [6, 6.07) is 7.33. The number of carbonyl (C=O) groups is 1. The summed E-state index contributed by atoms with van der Waals surface area (Å²) >= 11 is 0. The molecule has 2 amide bonds. The molecule has 0 unspecified atom stereocenters. The summed E-state index contributed by atoms with van der Waals surface area (Å²) in [5.41, 5.74) is 3.07. The first-order valence-corrected chi connectivity index (χ1v) is 12.6. The van der Waals surface area contributed by atoms with Gasteiger partial charge in [-0.05, 0) is 31.5 Å². The highest BCUT2D eigenvalue weighted by molar-refractivity contribution is 6.00. The lowest BCUT2D eigenvalue weighted by atomic mass is 10.1. The average molecular weight is 519 g/mol. The van der Waals surface area contributed by atoms with Crippen LogP contribution in [0.4, 0.5) is 22.1 Å². The maximum Gasteiger partial charge on any atom is 0.328 e. The molecule has 0 radical (unpaired) electrons. The molecule has 3 aliphatic rings. The van der Waals surface area contributed by atoms with Gasteiger partial charge in [0.15, 0.2) is 0 Å². The van der Waals surface area contributed by atoms with E-state index in [0.29, 0.717) is 73.2 Å². The third-order valence-corrected chi connectivity index (χ3v) is 6.72. The fraction of sp³-hybridized carbons (Fsp3) is 0.462. The van der Waals surface area contributed by atoms with Crippen molar-refractivity contribution in [2.24, 2.45) is 0 Å². The lowest BCUT2D eigenvalue weighted by Crippen LogP contribution is -2.42. The number of nitrogens with one attached hydrogen (secondary N) is 2. The third kappa shape index (κ3) is 5.77. The molecule has 198 valence electrons. The van der Waals surface area contributed by atoms with Crippen molar-refractivity contribution >= 4 is 29.3 Å². The van der Waals surface area contributed by atoms with E-state index in [-0.39, 0.29) is 0 Å². The van der Waals surface area contributed by atoms with E-state index in [1.807, 2.05) is 18.0 Å². The van der Waals surface area contributed by atoms with Gasteiger partial charge in [0.05, 0.1) is 24.5 Å². The van der Waals surface area contributed by atoms with Gasteiger partial charge in [-0.3, -0.25) is 15.1 Å². The molecule has 0 spiro atoms. The average Bonchev–Trinajstić information content (AvgIpc) is 3.57. The van der Waals surface area contributed by atoms with Gasteiger partial charge in [-0.25, -0.2) is 19.6 Å². The second-order valence-electron chi connectivity index (χ2n) is 9.63. The first kappa shape index (κ1) is 25.6. The summed E-state index contributed by atoms with van der Waals surface area (Å²) in [4.78, 5) is 39.0. The predicted molar refractivity (Wildman–Crippen MR) is 139 cm³/mol. The molecule has 2 aromatic rings. The molecular formula is C26H30N8O4. The molecule has 3 fully saturated rings. The Morgan fingerprint density at radius 3 is 2.76 bits per heavy atom. The standard InChI is InChI=1S/C26H30N8O4/c1-32-7-8-34(20(15-32)16-35)14-17-3-6-23(31-24(17)25-37-9-10-38-25)33(2)26(36)30-22-11-21(29-19-4-5-19)18(12-27)13-28-22/h3,6,11,13,19,25H,4-5,7-10,14-15H2,1-2H3,(H2,28,29,30,36). The summed E-state index contributed by atoms with van der Waals surface area (Å²) < 4.78 is 11.5. The highest BCUT2D eigenvalue weighted by atomic mass is 16.7. The van der Waals surface area contributed by atoms with Gasteiger partial charge < -0.3 is 19.7 Å². The number of hydrogen-bond acceptors (Lipinski definition) is 10. The summed E-state index contributed by atoms with van der Waals surface area (Å²) in [5.74, 6) is 2.79. The first-order valence-electron chi connectivity index (χ1n) is 12.6. The molecule has 38 heavy (non-hydrogen) atoms. The lowest BCUT2D eigenvalue weighted by Gasteiger charge is -2.35. The van der Waals surface area contributed by atoms with E-state index >= 15 is 0 Å². The number of ether oxygens (including phenoxy) is 2. The number of nitriles is 1. The van der Waals surface area contributed by atoms with Crippen molar-refractivity contribution in [3.63, 3.8) is 0 Å². The van der Waals surface area contributed by atoms with Crippen LogP contribution in [0.5, 0.6) is 0 Å². The zero-order chi connectivity index (χ0) is 26.6. The first-order chi connectivity index (χ1) is 18.4. The summed E-state index contributed by atoms with van der Waals surface area (Å²) in [6.45, 7) is 3.39. The minimum Gasteiger partial charge on any atom is -0.381 e. The molecule has 0 atom stereocenters. The molecule has 12 heteroatoms. The number of amides is 2. The molecule has 1 saturated carbocycles. The minimum absolute atomic E-state index is 0.326. The van der Waals surface area contributed by atoms with Gasteiger partial charge in [-0.2, -0.15) is 5.26 Å². The van der Waals surface area contributed by atoms with Crippen LogP contribution in [0.3, 0.4) is 0 Å². The molecule has 2 N–H and O–H groups in total. The van der Waals surface area contributed by atoms with E-state index in [9.17, 15) is 14.9 Å². The number of likely N-dealkylation sites (N-methyl/N-ethyl adjacent to an activating group) is 1. The molecule has 5 rings (SSSR count). The number of urea groups is 1. The molecule has 1 aliphatic carbocycles. The van der Waals surface area contributed by atoms with E-state index in [2.05, 4.69) is 32.5 Å². The fourth-order valence-electron chi connectivity index (χ4n) is 4.35. The van der Waals surface area contributed by atoms with Gasteiger partial charge in [-0.1, -0.05) is 6.07 Å². The van der Waals surface area contributed by atoms with E-state index in [4.69, 9.17) is 14.5 Å². The molecule has 0 aromatic carbocycles. The topological polar surface area (TPSA) is 136 Å². The second kappa shape index (κ2) is 11.2. The van der Waals surface area contributed by atoms with Gasteiger partial charge in [-0.15, -0.1) is 0 Å². The summed E-state index contributed by atoms with van der Waals surface area (Å²) in [6.07, 6.45) is 2.89. The zero-order valence-electron chi connectivity index (χ0n) is 21.4. The van der Waals surface area contributed by atoms with Crippen molar-refractivity contribution in [3.05, 3.63) is 46.9 Å². The van der Waals surface area contributed by atoms with Crippen LogP contribution in [-0.2, 0) is 20.8 Å². The van der Waals surface area contributed by atoms with Crippen LogP contribution in [-0.4, -0.2) is 84.7 Å². The number of anilines is 3. The zero-order valence-corrected chi connectivity index (χ0v) is 21.4. The van der Waals surface area contributed by atoms with E-state index in [0.717, 1.165) is 24.9 Å². The molecule has 2 saturated heterocycles. The normalized spacial score (nSPS) is 18.1. The molecule has 2 aromatic heterocycles. The van der Waals surface area contributed by atoms with Crippen molar-refractivity contribution in [2.75, 3.05) is 62.5 Å². The molecular weight excluding hydrogens is 488 g/mol. The van der Waals surface area contributed by atoms with E-state index in [1.165, 1.54) is 11.1 Å². The monoisotopic (exact) mass is 518 g/mol. The molecule has 2 aliphatic heterocycles. The Kier molecular flexibility index (Phi) is 7.53. The van der Waals surface area contributed by atoms with Gasteiger partial charge >= 0.3 is 6.03 Å². The lowest BCUT2D eigenvalue weighted by molar-refractivity contribution is -0.0482. The maximum atomic E-state index is 13.1. The molecule has 12 nitrogen and oxygen atoms in total. The molecule has 4 heterocycles. The number of hydrogen-bond donors (Lipinski definition) is 2. The number of piperazine rings is 1. The van der Waals surface area contributed by atoms with Gasteiger partial charge in [0, 0.05) is 51.5 Å². The Morgan fingerprint density at radius 1 is 1.26 bits per heavy atom. The Balaban J connectivity index is 1.34. The number of carbonyl (C=O) groups excluding carboxylic acids is 2. The van der Waals surface area contributed by atoms with Gasteiger partial charge in [0.25, 0.3) is 0 Å². The van der Waals surface area contributed by atoms with Gasteiger partial charge in [0.2, 0.25) is 6.29 Å². The Morgan fingerprint density at radius 2 is 2.05 bits per heavy atom. The highest BCUT2D eigenvalue weighted by Gasteiger charge is 2.28. The largest absolute Gasteiger partial charge is 0.381 e. The van der Waals surface area contributed by atoms with Crippen molar-refractivity contribution in [3.8, 4) is 6.07 Å². The predicted octanol–water partition coefficient (Wildman–Crippen LogP) is 2.10. The SMILES string of the molecule is CN1CCN(Cc2ccc(N(C)C(=O)Nc3cc(NC4CC4)c(C#N)cn3)nc2C2OCCO2)C(=C=O)C1. The number of pyridine rings is 2. The van der Waals surface area contributed by atoms with Crippen molar-refractivity contribution in [2.45, 2.75) is 31.7 Å². The van der Waals surface area contributed by atoms with Gasteiger partial charge in [0.1, 0.15) is 35.0 Å². The highest BCUT2D eigenvalue weighted by Crippen LogP contribution is 2.30. The van der Waals surface area contributed by atoms with Crippen LogP contribution < -0.4 is 15.5 Å². The Hall–Kier alpha value is -4.01. The van der Waals surface area contributed by atoms with Crippen LogP contribution in [0.25, 0.3) is 0 Å². The number of nitrogens with zero attached hydrogens (tertiary/aromatic N) is 6. The third-order valence-electron chi connectivity index (χ3n) is 6.72. The van der Waals surface area contributed by atoms with Crippen molar-refractivity contribution in [1.29, 1.82) is 5.26 Å². The fourth-order valence-corrected chi connectivity index (χ4v) is 4.35. The quantitative estimate of drug-likeness (QED) is 0.525. The smallest absolute Gasteiger partial charge is 0.328 e. The summed E-state index contributed by atoms with van der Waals surface area (Å²) in [5, 5.41) is 15.4. The summed E-state index contributed by atoms with van der Waals surface area (Å²) in [7, 11) is 3.58. The van der Waals surface area contributed by atoms with E-state index in [1.54, 1.807) is 19.2 Å². The van der Waals surface area contributed by atoms with Crippen LogP contribution in [0.1, 0.15) is 36.0 Å². The Labute approximate surface area is 220 Å². The van der Waals surface area contributed by atoms with Crippen LogP contribution in [0.2, 0.25) is 0 Å². The minimum atomic E-state index is -0.659. The number of rotatable bonds is 7. The van der Waals surface area contributed by atoms with Crippen molar-refractivity contribution in [1.82, 2.24) is 19.8 Å². The van der Waals surface area contributed by atoms with Crippen LogP contribution in [0.15, 0.2) is 30.1 Å². The maximum absolute atomic E-state index is 13.1. The second-order valence-corrected chi connectivity index (χ2v) is 9.63. The van der Waals surface area contributed by atoms with Crippen molar-refractivity contribution < 1.29 is 19.1 Å². The molecule has 0 bridgehead atoms. The Bertz CT molecular complexity index is 1290. The van der Waals surface area contributed by atoms with Crippen LogP contribution in [0, 0.1) is 11.3 Å². The number of aromatic nitrogens is 2. The van der Waals surface area contributed by atoms with Crippen LogP contribution >= 0.6 is 0 Å².